The van der Waals surface area contributed by atoms with Crippen molar-refractivity contribution in [3.8, 4) is 5.88 Å². The van der Waals surface area contributed by atoms with Gasteiger partial charge in [0.15, 0.2) is 11.1 Å². The number of imidazole rings is 1. The molecular formula is C18H21N7O3. The van der Waals surface area contributed by atoms with Gasteiger partial charge in [0.05, 0.1) is 12.2 Å². The minimum atomic E-state index is -0.473. The van der Waals surface area contributed by atoms with Gasteiger partial charge in [-0.25, -0.2) is 9.78 Å². The standard InChI is InChI=1S/C18H21N7O3/c26-17-13(22-18(27)24-17)7-10-9-19-25-15(21-11-1-2-11)8-14(23-16(10)25)20-12-3-5-28-6-4-12/h7-9,11-12,20,26H,1-6H2,(H2,22,24,27)/b10-7-,21-15?. The second kappa shape index (κ2) is 6.79. The van der Waals surface area contributed by atoms with Gasteiger partial charge < -0.3 is 20.1 Å². The van der Waals surface area contributed by atoms with Crippen molar-refractivity contribution in [3.63, 3.8) is 0 Å². The number of hydrogen-bond donors (Lipinski definition) is 4. The van der Waals surface area contributed by atoms with Gasteiger partial charge in [0.1, 0.15) is 11.5 Å². The van der Waals surface area contributed by atoms with Gasteiger partial charge in [-0.15, -0.1) is 0 Å². The number of anilines is 1. The molecule has 10 nitrogen and oxygen atoms in total. The van der Waals surface area contributed by atoms with Crippen molar-refractivity contribution in [3.05, 3.63) is 39.1 Å². The number of aromatic hydroxyl groups is 1. The molecule has 10 heteroatoms. The summed E-state index contributed by atoms with van der Waals surface area (Å²) in [7, 11) is 0. The van der Waals surface area contributed by atoms with Crippen molar-refractivity contribution in [2.24, 2.45) is 4.99 Å². The number of aromatic nitrogens is 5. The zero-order chi connectivity index (χ0) is 19.1. The molecule has 1 aliphatic heterocycles. The van der Waals surface area contributed by atoms with Gasteiger partial charge in [0.2, 0.25) is 5.88 Å². The number of rotatable bonds is 4. The fraction of sp³-hybridized carbons (Fsp3) is 0.444. The lowest BCUT2D eigenvalue weighted by Gasteiger charge is -2.23. The molecule has 146 valence electrons. The second-order valence-electron chi connectivity index (χ2n) is 7.21. The van der Waals surface area contributed by atoms with Crippen LogP contribution in [-0.2, 0) is 4.74 Å². The predicted molar refractivity (Wildman–Crippen MR) is 101 cm³/mol. The highest BCUT2D eigenvalue weighted by atomic mass is 16.5. The summed E-state index contributed by atoms with van der Waals surface area (Å²) in [5, 5.41) is 18.4. The first kappa shape index (κ1) is 17.0. The lowest BCUT2D eigenvalue weighted by Crippen LogP contribution is -2.29. The zero-order valence-corrected chi connectivity index (χ0v) is 15.2. The molecule has 3 aromatic heterocycles. The monoisotopic (exact) mass is 383 g/mol. The number of nitrogens with zero attached hydrogens (tertiary/aromatic N) is 4. The Morgan fingerprint density at radius 2 is 2.11 bits per heavy atom. The molecular weight excluding hydrogens is 362 g/mol. The largest absolute Gasteiger partial charge is 0.493 e. The van der Waals surface area contributed by atoms with Crippen LogP contribution in [0.5, 0.6) is 5.88 Å². The Bertz CT molecular complexity index is 1180. The van der Waals surface area contributed by atoms with Gasteiger partial charge in [-0.1, -0.05) is 0 Å². The third kappa shape index (κ3) is 3.38. The molecule has 2 fully saturated rings. The summed E-state index contributed by atoms with van der Waals surface area (Å²) in [6.07, 6.45) is 7.33. The molecule has 0 spiro atoms. The Hall–Kier alpha value is -3.14. The lowest BCUT2D eigenvalue weighted by molar-refractivity contribution is 0.0904. The van der Waals surface area contributed by atoms with E-state index in [0.29, 0.717) is 22.9 Å². The van der Waals surface area contributed by atoms with Crippen LogP contribution in [-0.4, -0.2) is 55.0 Å². The fourth-order valence-corrected chi connectivity index (χ4v) is 3.32. The highest BCUT2D eigenvalue weighted by molar-refractivity contribution is 5.58. The third-order valence-corrected chi connectivity index (χ3v) is 4.95. The van der Waals surface area contributed by atoms with Crippen LogP contribution in [0.15, 0.2) is 22.1 Å². The van der Waals surface area contributed by atoms with Gasteiger partial charge in [-0.3, -0.25) is 9.98 Å². The maximum atomic E-state index is 11.4. The molecule has 0 bridgehead atoms. The Balaban J connectivity index is 1.63. The van der Waals surface area contributed by atoms with Crippen molar-refractivity contribution < 1.29 is 9.84 Å². The van der Waals surface area contributed by atoms with E-state index in [0.717, 1.165) is 50.2 Å². The van der Waals surface area contributed by atoms with E-state index in [-0.39, 0.29) is 11.6 Å². The van der Waals surface area contributed by atoms with Crippen LogP contribution in [0.25, 0.3) is 11.7 Å². The highest BCUT2D eigenvalue weighted by Crippen LogP contribution is 2.22. The van der Waals surface area contributed by atoms with Gasteiger partial charge in [-0.2, -0.15) is 9.61 Å². The molecule has 0 unspecified atom stereocenters. The minimum absolute atomic E-state index is 0.219. The number of fused-ring (bicyclic) bond motifs is 1. The topological polar surface area (TPSA) is 133 Å². The van der Waals surface area contributed by atoms with E-state index in [1.807, 2.05) is 6.07 Å². The normalized spacial score (nSPS) is 19.6. The summed E-state index contributed by atoms with van der Waals surface area (Å²) in [4.78, 5) is 25.7. The quantitative estimate of drug-likeness (QED) is 0.487. The molecule has 0 atom stereocenters. The number of hydrogen-bond acceptors (Lipinski definition) is 7. The average Bonchev–Trinajstić information content (AvgIpc) is 3.32. The molecule has 2 aliphatic rings. The molecule has 4 N–H and O–H groups in total. The van der Waals surface area contributed by atoms with E-state index in [1.165, 1.54) is 0 Å². The van der Waals surface area contributed by atoms with Crippen LogP contribution in [0.3, 0.4) is 0 Å². The van der Waals surface area contributed by atoms with E-state index in [2.05, 4.69) is 20.4 Å². The van der Waals surface area contributed by atoms with Crippen molar-refractivity contribution in [2.75, 3.05) is 18.5 Å². The fourth-order valence-electron chi connectivity index (χ4n) is 3.32. The maximum Gasteiger partial charge on any atom is 0.326 e. The van der Waals surface area contributed by atoms with E-state index in [4.69, 9.17) is 14.7 Å². The molecule has 28 heavy (non-hydrogen) atoms. The van der Waals surface area contributed by atoms with E-state index < -0.39 is 5.69 Å². The van der Waals surface area contributed by atoms with Crippen molar-refractivity contribution >= 4 is 17.5 Å². The summed E-state index contributed by atoms with van der Waals surface area (Å²) in [5.74, 6) is 0.518. The summed E-state index contributed by atoms with van der Waals surface area (Å²) in [5.41, 5.74) is 1.16. The SMILES string of the molecule is O=c1[nH]c(O)c(/C=c2/cnn3c(=NC4CC4)cc(NC4CCOCC4)nc23)[nH]1. The first-order valence-corrected chi connectivity index (χ1v) is 9.45. The molecule has 4 heterocycles. The van der Waals surface area contributed by atoms with Crippen LogP contribution in [0.4, 0.5) is 5.82 Å². The van der Waals surface area contributed by atoms with Crippen molar-refractivity contribution in [2.45, 2.75) is 37.8 Å². The van der Waals surface area contributed by atoms with Crippen molar-refractivity contribution in [1.82, 2.24) is 24.6 Å². The minimum Gasteiger partial charge on any atom is -0.493 e. The lowest BCUT2D eigenvalue weighted by atomic mass is 10.1. The molecule has 1 saturated heterocycles. The second-order valence-corrected chi connectivity index (χ2v) is 7.21. The van der Waals surface area contributed by atoms with Crippen LogP contribution in [0, 0.1) is 0 Å². The Morgan fingerprint density at radius 1 is 1.29 bits per heavy atom. The Labute approximate surface area is 159 Å². The summed E-state index contributed by atoms with van der Waals surface area (Å²) < 4.78 is 7.12. The molecule has 0 amide bonds. The summed E-state index contributed by atoms with van der Waals surface area (Å²) >= 11 is 0. The van der Waals surface area contributed by atoms with Gasteiger partial charge in [0, 0.05) is 30.5 Å². The van der Waals surface area contributed by atoms with Gasteiger partial charge >= 0.3 is 5.69 Å². The van der Waals surface area contributed by atoms with Crippen LogP contribution in [0.2, 0.25) is 0 Å². The summed E-state index contributed by atoms with van der Waals surface area (Å²) in [6.45, 7) is 1.48. The Morgan fingerprint density at radius 3 is 2.82 bits per heavy atom. The average molecular weight is 383 g/mol. The number of H-pyrrole nitrogens is 2. The first-order valence-electron chi connectivity index (χ1n) is 9.45. The smallest absolute Gasteiger partial charge is 0.326 e. The zero-order valence-electron chi connectivity index (χ0n) is 15.2. The molecule has 0 aromatic carbocycles. The Kier molecular flexibility index (Phi) is 4.12. The molecule has 1 aliphatic carbocycles. The summed E-state index contributed by atoms with van der Waals surface area (Å²) in [6, 6.07) is 2.56. The van der Waals surface area contributed by atoms with Gasteiger partial charge in [0.25, 0.3) is 0 Å². The van der Waals surface area contributed by atoms with Crippen LogP contribution in [0.1, 0.15) is 31.4 Å². The number of ether oxygens (including phenoxy) is 1. The molecule has 3 aromatic rings. The predicted octanol–water partition coefficient (Wildman–Crippen LogP) is -0.347. The van der Waals surface area contributed by atoms with Crippen LogP contribution < -0.4 is 21.7 Å². The van der Waals surface area contributed by atoms with E-state index >= 15 is 0 Å². The highest BCUT2D eigenvalue weighted by Gasteiger charge is 2.21. The van der Waals surface area contributed by atoms with Gasteiger partial charge in [-0.05, 0) is 31.8 Å². The molecule has 1 saturated carbocycles. The molecule has 5 rings (SSSR count). The van der Waals surface area contributed by atoms with E-state index in [1.54, 1.807) is 16.8 Å². The molecule has 0 radical (unpaired) electrons. The first-order chi connectivity index (χ1) is 13.7. The maximum absolute atomic E-state index is 11.4. The van der Waals surface area contributed by atoms with Crippen LogP contribution >= 0.6 is 0 Å². The van der Waals surface area contributed by atoms with E-state index in [9.17, 15) is 9.90 Å². The number of aromatic amines is 2. The third-order valence-electron chi connectivity index (χ3n) is 4.95. The number of nitrogens with one attached hydrogen (secondary N) is 3. The van der Waals surface area contributed by atoms with Crippen molar-refractivity contribution in [1.29, 1.82) is 0 Å².